The predicted octanol–water partition coefficient (Wildman–Crippen LogP) is 4.95. The van der Waals surface area contributed by atoms with Crippen molar-refractivity contribution in [1.82, 2.24) is 9.97 Å². The van der Waals surface area contributed by atoms with Crippen molar-refractivity contribution >= 4 is 33.6 Å². The SMILES string of the molecule is Cc1cc(C)nc(NS(=O)(=O)c2ccc(NC(=O)/C=C/c3ccc(-c4ccc(F)cc4)o3)cc2)n1. The molecule has 1 amide bonds. The van der Waals surface area contributed by atoms with Crippen LogP contribution in [0.3, 0.4) is 0 Å². The second kappa shape index (κ2) is 9.90. The van der Waals surface area contributed by atoms with Gasteiger partial charge in [0.2, 0.25) is 11.9 Å². The van der Waals surface area contributed by atoms with Gasteiger partial charge in [-0.05, 0) is 86.7 Å². The minimum Gasteiger partial charge on any atom is -0.457 e. The molecule has 2 aromatic heterocycles. The average Bonchev–Trinajstić information content (AvgIpc) is 3.27. The summed E-state index contributed by atoms with van der Waals surface area (Å²) in [6.45, 7) is 3.49. The fraction of sp³-hybridized carbons (Fsp3) is 0.0800. The molecule has 10 heteroatoms. The van der Waals surface area contributed by atoms with Crippen molar-refractivity contribution in [3.8, 4) is 11.3 Å². The lowest BCUT2D eigenvalue weighted by molar-refractivity contribution is -0.111. The summed E-state index contributed by atoms with van der Waals surface area (Å²) in [5, 5.41) is 2.65. The van der Waals surface area contributed by atoms with E-state index >= 15 is 0 Å². The fourth-order valence-corrected chi connectivity index (χ4v) is 4.17. The number of hydrogen-bond donors (Lipinski definition) is 2. The number of aromatic nitrogens is 2. The maximum Gasteiger partial charge on any atom is 0.264 e. The van der Waals surface area contributed by atoms with E-state index in [2.05, 4.69) is 20.0 Å². The van der Waals surface area contributed by atoms with E-state index in [1.54, 1.807) is 44.2 Å². The molecule has 0 aliphatic rings. The van der Waals surface area contributed by atoms with Gasteiger partial charge in [-0.1, -0.05) is 0 Å². The maximum absolute atomic E-state index is 13.1. The Kier molecular flexibility index (Phi) is 6.74. The Morgan fingerprint density at radius 1 is 0.943 bits per heavy atom. The molecule has 0 aliphatic heterocycles. The predicted molar refractivity (Wildman–Crippen MR) is 131 cm³/mol. The highest BCUT2D eigenvalue weighted by molar-refractivity contribution is 7.92. The number of carbonyl (C=O) groups is 1. The number of aryl methyl sites for hydroxylation is 2. The molecule has 0 spiro atoms. The number of anilines is 2. The summed E-state index contributed by atoms with van der Waals surface area (Å²) >= 11 is 0. The van der Waals surface area contributed by atoms with Crippen molar-refractivity contribution in [2.45, 2.75) is 18.7 Å². The van der Waals surface area contributed by atoms with Crippen LogP contribution in [0.5, 0.6) is 0 Å². The monoisotopic (exact) mass is 492 g/mol. The van der Waals surface area contributed by atoms with Gasteiger partial charge in [-0.2, -0.15) is 0 Å². The van der Waals surface area contributed by atoms with E-state index in [0.717, 1.165) is 0 Å². The molecule has 0 bridgehead atoms. The second-order valence-electron chi connectivity index (χ2n) is 7.64. The molecule has 0 aliphatic carbocycles. The second-order valence-corrected chi connectivity index (χ2v) is 9.32. The number of carbonyl (C=O) groups excluding carboxylic acids is 1. The quantitative estimate of drug-likeness (QED) is 0.353. The zero-order valence-corrected chi connectivity index (χ0v) is 19.6. The lowest BCUT2D eigenvalue weighted by atomic mass is 10.2. The molecule has 2 aromatic carbocycles. The summed E-state index contributed by atoms with van der Waals surface area (Å²) in [5.41, 5.74) is 2.40. The van der Waals surface area contributed by atoms with Gasteiger partial charge < -0.3 is 9.73 Å². The highest BCUT2D eigenvalue weighted by Gasteiger charge is 2.16. The minimum absolute atomic E-state index is 0.00212. The Hall–Kier alpha value is -4.31. The zero-order valence-electron chi connectivity index (χ0n) is 18.8. The zero-order chi connectivity index (χ0) is 25.0. The fourth-order valence-electron chi connectivity index (χ4n) is 3.22. The van der Waals surface area contributed by atoms with Crippen LogP contribution in [0.15, 0.2) is 82.1 Å². The van der Waals surface area contributed by atoms with Gasteiger partial charge in [0.05, 0.1) is 4.90 Å². The smallest absolute Gasteiger partial charge is 0.264 e. The average molecular weight is 493 g/mol. The number of furan rings is 1. The van der Waals surface area contributed by atoms with Gasteiger partial charge in [-0.3, -0.25) is 4.79 Å². The normalized spacial score (nSPS) is 11.5. The Labute approximate surface area is 201 Å². The summed E-state index contributed by atoms with van der Waals surface area (Å²) in [6.07, 6.45) is 2.78. The van der Waals surface area contributed by atoms with Crippen molar-refractivity contribution in [2.75, 3.05) is 10.0 Å². The first kappa shape index (κ1) is 23.8. The van der Waals surface area contributed by atoms with Crippen molar-refractivity contribution in [3.63, 3.8) is 0 Å². The van der Waals surface area contributed by atoms with Crippen molar-refractivity contribution < 1.29 is 22.0 Å². The molecule has 35 heavy (non-hydrogen) atoms. The minimum atomic E-state index is -3.90. The molecule has 2 N–H and O–H groups in total. The molecule has 4 aromatic rings. The molecule has 0 atom stereocenters. The van der Waals surface area contributed by atoms with Crippen LogP contribution in [0.1, 0.15) is 17.1 Å². The van der Waals surface area contributed by atoms with Gasteiger partial charge in [-0.25, -0.2) is 27.5 Å². The summed E-state index contributed by atoms with van der Waals surface area (Å²) in [7, 11) is -3.90. The first-order valence-corrected chi connectivity index (χ1v) is 12.0. The Morgan fingerprint density at radius 3 is 2.26 bits per heavy atom. The molecule has 0 saturated heterocycles. The van der Waals surface area contributed by atoms with E-state index in [9.17, 15) is 17.6 Å². The Balaban J connectivity index is 1.38. The van der Waals surface area contributed by atoms with Gasteiger partial charge in [0.1, 0.15) is 17.3 Å². The van der Waals surface area contributed by atoms with Gasteiger partial charge in [0.25, 0.3) is 10.0 Å². The third-order valence-corrected chi connectivity index (χ3v) is 6.14. The van der Waals surface area contributed by atoms with E-state index in [4.69, 9.17) is 4.42 Å². The number of nitrogens with one attached hydrogen (secondary N) is 2. The lowest BCUT2D eigenvalue weighted by Crippen LogP contribution is -2.16. The van der Waals surface area contributed by atoms with Crippen LogP contribution in [-0.2, 0) is 14.8 Å². The number of amides is 1. The van der Waals surface area contributed by atoms with Crippen LogP contribution in [0.4, 0.5) is 16.0 Å². The molecular weight excluding hydrogens is 471 g/mol. The van der Waals surface area contributed by atoms with Gasteiger partial charge in [-0.15, -0.1) is 0 Å². The van der Waals surface area contributed by atoms with Crippen LogP contribution in [-0.4, -0.2) is 24.3 Å². The molecular formula is C25H21FN4O4S. The largest absolute Gasteiger partial charge is 0.457 e. The molecule has 0 saturated carbocycles. The van der Waals surface area contributed by atoms with Crippen LogP contribution >= 0.6 is 0 Å². The first-order chi connectivity index (χ1) is 16.7. The first-order valence-electron chi connectivity index (χ1n) is 10.5. The molecule has 0 fully saturated rings. The summed E-state index contributed by atoms with van der Waals surface area (Å²) < 4.78 is 46.3. The van der Waals surface area contributed by atoms with Gasteiger partial charge in [0.15, 0.2) is 0 Å². The summed E-state index contributed by atoms with van der Waals surface area (Å²) in [5.74, 6) is 0.212. The van der Waals surface area contributed by atoms with Crippen LogP contribution in [0.2, 0.25) is 0 Å². The highest BCUT2D eigenvalue weighted by Crippen LogP contribution is 2.23. The maximum atomic E-state index is 13.1. The van der Waals surface area contributed by atoms with Crippen LogP contribution in [0, 0.1) is 19.7 Å². The molecule has 2 heterocycles. The lowest BCUT2D eigenvalue weighted by Gasteiger charge is -2.09. The molecule has 0 unspecified atom stereocenters. The topological polar surface area (TPSA) is 114 Å². The number of rotatable bonds is 7. The van der Waals surface area contributed by atoms with Crippen molar-refractivity contribution in [3.05, 3.63) is 95.8 Å². The summed E-state index contributed by atoms with van der Waals surface area (Å²) in [4.78, 5) is 20.4. The number of benzene rings is 2. The third-order valence-electron chi connectivity index (χ3n) is 4.79. The summed E-state index contributed by atoms with van der Waals surface area (Å²) in [6, 6.07) is 16.7. The van der Waals surface area contributed by atoms with Crippen LogP contribution < -0.4 is 10.0 Å². The number of halogens is 1. The number of hydrogen-bond acceptors (Lipinski definition) is 6. The number of nitrogens with zero attached hydrogens (tertiary/aromatic N) is 2. The van der Waals surface area contributed by atoms with Crippen molar-refractivity contribution in [1.29, 1.82) is 0 Å². The van der Waals surface area contributed by atoms with E-state index < -0.39 is 15.9 Å². The van der Waals surface area contributed by atoms with E-state index in [1.807, 2.05) is 0 Å². The highest BCUT2D eigenvalue weighted by atomic mass is 32.2. The van der Waals surface area contributed by atoms with Crippen molar-refractivity contribution in [2.24, 2.45) is 0 Å². The molecule has 178 valence electrons. The Bertz CT molecular complexity index is 1480. The molecule has 4 rings (SSSR count). The standard InChI is InChI=1S/C25H21FN4O4S/c1-16-15-17(2)28-25(27-16)30-35(32,33)22-11-7-20(8-12-22)29-24(31)14-10-21-9-13-23(34-21)18-3-5-19(26)6-4-18/h3-15H,1-2H3,(H,29,31)(H,27,28,30)/b14-10+. The molecule has 8 nitrogen and oxygen atoms in total. The van der Waals surface area contributed by atoms with E-state index in [-0.39, 0.29) is 16.7 Å². The van der Waals surface area contributed by atoms with Gasteiger partial charge >= 0.3 is 0 Å². The van der Waals surface area contributed by atoms with E-state index in [0.29, 0.717) is 34.2 Å². The van der Waals surface area contributed by atoms with Gasteiger partial charge in [0, 0.05) is 28.7 Å². The Morgan fingerprint density at radius 2 is 1.60 bits per heavy atom. The third kappa shape index (κ3) is 6.18. The molecule has 0 radical (unpaired) electrons. The van der Waals surface area contributed by atoms with E-state index in [1.165, 1.54) is 48.6 Å². The number of sulfonamides is 1. The van der Waals surface area contributed by atoms with Crippen LogP contribution in [0.25, 0.3) is 17.4 Å².